The number of hydrogen-bond donors (Lipinski definition) is 1. The SMILES string of the molecule is CCOc1cc(/C=N\N2CCN(c3ccc(Cl)cc3)CC2)ccc1O. The van der Waals surface area contributed by atoms with Gasteiger partial charge in [-0.1, -0.05) is 11.6 Å². The molecular formula is C19H22ClN3O2. The van der Waals surface area contributed by atoms with Crippen molar-refractivity contribution < 1.29 is 9.84 Å². The quantitative estimate of drug-likeness (QED) is 0.829. The summed E-state index contributed by atoms with van der Waals surface area (Å²) in [6.45, 7) is 5.95. The van der Waals surface area contributed by atoms with Gasteiger partial charge in [-0.05, 0) is 55.0 Å². The molecule has 1 fully saturated rings. The minimum Gasteiger partial charge on any atom is -0.504 e. The maximum Gasteiger partial charge on any atom is 0.161 e. The number of piperazine rings is 1. The first-order valence-corrected chi connectivity index (χ1v) is 8.79. The van der Waals surface area contributed by atoms with E-state index in [1.54, 1.807) is 18.3 Å². The smallest absolute Gasteiger partial charge is 0.161 e. The van der Waals surface area contributed by atoms with Crippen LogP contribution < -0.4 is 9.64 Å². The normalized spacial score (nSPS) is 15.0. The van der Waals surface area contributed by atoms with Crippen LogP contribution in [-0.2, 0) is 0 Å². The number of phenolic OH excluding ortho intramolecular Hbond substituents is 1. The highest BCUT2D eigenvalue weighted by molar-refractivity contribution is 6.30. The number of benzene rings is 2. The van der Waals surface area contributed by atoms with E-state index in [0.717, 1.165) is 36.8 Å². The van der Waals surface area contributed by atoms with Crippen LogP contribution in [0.5, 0.6) is 11.5 Å². The second-order valence-electron chi connectivity index (χ2n) is 5.82. The van der Waals surface area contributed by atoms with Gasteiger partial charge < -0.3 is 14.7 Å². The van der Waals surface area contributed by atoms with Crippen LogP contribution in [0.4, 0.5) is 5.69 Å². The van der Waals surface area contributed by atoms with Gasteiger partial charge in [-0.2, -0.15) is 5.10 Å². The fourth-order valence-corrected chi connectivity index (χ4v) is 2.88. The van der Waals surface area contributed by atoms with Crippen molar-refractivity contribution in [2.24, 2.45) is 5.10 Å². The lowest BCUT2D eigenvalue weighted by Gasteiger charge is -2.34. The minimum absolute atomic E-state index is 0.149. The average molecular weight is 360 g/mol. The van der Waals surface area contributed by atoms with Crippen LogP contribution in [0, 0.1) is 0 Å². The van der Waals surface area contributed by atoms with Gasteiger partial charge in [0.15, 0.2) is 11.5 Å². The van der Waals surface area contributed by atoms with Gasteiger partial charge in [0.05, 0.1) is 25.9 Å². The standard InChI is InChI=1S/C19H22ClN3O2/c1-2-25-19-13-15(3-8-18(19)24)14-21-23-11-9-22(10-12-23)17-6-4-16(20)5-7-17/h3-8,13-14,24H,2,9-12H2,1H3/b21-14-. The van der Waals surface area contributed by atoms with Crippen molar-refractivity contribution in [3.8, 4) is 11.5 Å². The topological polar surface area (TPSA) is 48.3 Å². The Bertz CT molecular complexity index is 726. The molecule has 1 aliphatic rings. The third kappa shape index (κ3) is 4.57. The highest BCUT2D eigenvalue weighted by Gasteiger charge is 2.15. The molecule has 0 saturated carbocycles. The van der Waals surface area contributed by atoms with Crippen LogP contribution in [0.2, 0.25) is 5.02 Å². The van der Waals surface area contributed by atoms with Gasteiger partial charge in [-0.15, -0.1) is 0 Å². The molecule has 5 nitrogen and oxygen atoms in total. The van der Waals surface area contributed by atoms with E-state index in [-0.39, 0.29) is 5.75 Å². The lowest BCUT2D eigenvalue weighted by molar-refractivity contribution is 0.272. The van der Waals surface area contributed by atoms with Crippen LogP contribution in [0.25, 0.3) is 0 Å². The maximum atomic E-state index is 9.74. The number of halogens is 1. The summed E-state index contributed by atoms with van der Waals surface area (Å²) in [6, 6.07) is 13.2. The average Bonchev–Trinajstić information content (AvgIpc) is 2.64. The van der Waals surface area contributed by atoms with Crippen LogP contribution in [0.3, 0.4) is 0 Å². The molecule has 6 heteroatoms. The predicted molar refractivity (Wildman–Crippen MR) is 102 cm³/mol. The lowest BCUT2D eigenvalue weighted by atomic mass is 10.2. The second-order valence-corrected chi connectivity index (χ2v) is 6.26. The first-order valence-electron chi connectivity index (χ1n) is 8.41. The Morgan fingerprint density at radius 1 is 1.12 bits per heavy atom. The van der Waals surface area contributed by atoms with Gasteiger partial charge in [-0.3, -0.25) is 5.01 Å². The van der Waals surface area contributed by atoms with E-state index in [2.05, 4.69) is 15.0 Å². The summed E-state index contributed by atoms with van der Waals surface area (Å²) in [5, 5.41) is 17.1. The zero-order chi connectivity index (χ0) is 17.6. The molecule has 2 aromatic carbocycles. The lowest BCUT2D eigenvalue weighted by Crippen LogP contribution is -2.44. The van der Waals surface area contributed by atoms with E-state index >= 15 is 0 Å². The fraction of sp³-hybridized carbons (Fsp3) is 0.316. The van der Waals surface area contributed by atoms with Crippen molar-refractivity contribution in [3.05, 3.63) is 53.1 Å². The van der Waals surface area contributed by atoms with Gasteiger partial charge in [0.1, 0.15) is 0 Å². The van der Waals surface area contributed by atoms with E-state index in [0.29, 0.717) is 12.4 Å². The third-order valence-electron chi connectivity index (χ3n) is 4.10. The van der Waals surface area contributed by atoms with Crippen molar-refractivity contribution in [2.75, 3.05) is 37.7 Å². The molecule has 0 amide bonds. The molecule has 132 valence electrons. The molecule has 0 radical (unpaired) electrons. The Balaban J connectivity index is 1.57. The Morgan fingerprint density at radius 2 is 1.84 bits per heavy atom. The van der Waals surface area contributed by atoms with Crippen molar-refractivity contribution in [1.82, 2.24) is 5.01 Å². The highest BCUT2D eigenvalue weighted by atomic mass is 35.5. The van der Waals surface area contributed by atoms with Crippen LogP contribution in [0.15, 0.2) is 47.6 Å². The summed E-state index contributed by atoms with van der Waals surface area (Å²) in [5.41, 5.74) is 2.09. The molecular weight excluding hydrogens is 338 g/mol. The third-order valence-corrected chi connectivity index (χ3v) is 4.35. The van der Waals surface area contributed by atoms with E-state index < -0.39 is 0 Å². The Morgan fingerprint density at radius 3 is 2.52 bits per heavy atom. The summed E-state index contributed by atoms with van der Waals surface area (Å²) in [5.74, 6) is 0.634. The molecule has 1 aliphatic heterocycles. The number of anilines is 1. The van der Waals surface area contributed by atoms with Gasteiger partial charge >= 0.3 is 0 Å². The molecule has 0 unspecified atom stereocenters. The Kier molecular flexibility index (Phi) is 5.66. The van der Waals surface area contributed by atoms with E-state index in [1.165, 1.54) is 5.69 Å². The molecule has 1 N–H and O–H groups in total. The molecule has 0 aromatic heterocycles. The van der Waals surface area contributed by atoms with Crippen LogP contribution in [-0.4, -0.2) is 49.1 Å². The summed E-state index contributed by atoms with van der Waals surface area (Å²) >= 11 is 5.94. The second kappa shape index (κ2) is 8.12. The van der Waals surface area contributed by atoms with Gasteiger partial charge in [0.2, 0.25) is 0 Å². The number of phenols is 1. The summed E-state index contributed by atoms with van der Waals surface area (Å²) in [7, 11) is 0. The van der Waals surface area contributed by atoms with Gasteiger partial charge in [0.25, 0.3) is 0 Å². The number of hydrazone groups is 1. The monoisotopic (exact) mass is 359 g/mol. The maximum absolute atomic E-state index is 9.74. The summed E-state index contributed by atoms with van der Waals surface area (Å²) in [6.07, 6.45) is 1.81. The largest absolute Gasteiger partial charge is 0.504 e. The molecule has 1 saturated heterocycles. The highest BCUT2D eigenvalue weighted by Crippen LogP contribution is 2.26. The molecule has 0 bridgehead atoms. The van der Waals surface area contributed by atoms with E-state index in [4.69, 9.17) is 16.3 Å². The van der Waals surface area contributed by atoms with Crippen LogP contribution >= 0.6 is 11.6 Å². The van der Waals surface area contributed by atoms with Crippen molar-refractivity contribution in [2.45, 2.75) is 6.92 Å². The van der Waals surface area contributed by atoms with E-state index in [1.807, 2.05) is 37.3 Å². The zero-order valence-corrected chi connectivity index (χ0v) is 15.0. The number of aromatic hydroxyl groups is 1. The molecule has 3 rings (SSSR count). The molecule has 2 aromatic rings. The van der Waals surface area contributed by atoms with Gasteiger partial charge in [-0.25, -0.2) is 0 Å². The number of rotatable bonds is 5. The van der Waals surface area contributed by atoms with Crippen molar-refractivity contribution in [1.29, 1.82) is 0 Å². The van der Waals surface area contributed by atoms with Crippen molar-refractivity contribution >= 4 is 23.5 Å². The summed E-state index contributed by atoms with van der Waals surface area (Å²) < 4.78 is 5.40. The minimum atomic E-state index is 0.149. The molecule has 0 aliphatic carbocycles. The Hall–Kier alpha value is -2.40. The number of nitrogens with zero attached hydrogens (tertiary/aromatic N) is 3. The number of ether oxygens (including phenoxy) is 1. The van der Waals surface area contributed by atoms with E-state index in [9.17, 15) is 5.11 Å². The first-order chi connectivity index (χ1) is 12.2. The zero-order valence-electron chi connectivity index (χ0n) is 14.2. The fourth-order valence-electron chi connectivity index (χ4n) is 2.75. The number of hydrogen-bond acceptors (Lipinski definition) is 5. The van der Waals surface area contributed by atoms with Crippen molar-refractivity contribution in [3.63, 3.8) is 0 Å². The summed E-state index contributed by atoms with van der Waals surface area (Å²) in [4.78, 5) is 2.33. The first kappa shape index (κ1) is 17.4. The van der Waals surface area contributed by atoms with Gasteiger partial charge in [0, 0.05) is 23.8 Å². The predicted octanol–water partition coefficient (Wildman–Crippen LogP) is 3.60. The Labute approximate surface area is 153 Å². The molecule has 25 heavy (non-hydrogen) atoms. The molecule has 0 atom stereocenters. The molecule has 1 heterocycles. The van der Waals surface area contributed by atoms with Crippen LogP contribution in [0.1, 0.15) is 12.5 Å². The molecule has 0 spiro atoms.